The average molecular weight is 276 g/mol. The second-order valence-corrected chi connectivity index (χ2v) is 5.55. The summed E-state index contributed by atoms with van der Waals surface area (Å²) in [6.45, 7) is 4.74. The molecule has 1 unspecified atom stereocenters. The average Bonchev–Trinajstić information content (AvgIpc) is 2.46. The predicted octanol–water partition coefficient (Wildman–Crippen LogP) is 3.17. The number of aryl methyl sites for hydroxylation is 1. The molecule has 1 heterocycles. The molecule has 4 heteroatoms. The molecule has 0 bridgehead atoms. The molecule has 2 rings (SSSR count). The summed E-state index contributed by atoms with van der Waals surface area (Å²) in [6.07, 6.45) is 4.97. The van der Waals surface area contributed by atoms with E-state index in [1.165, 1.54) is 6.42 Å². The van der Waals surface area contributed by atoms with Crippen molar-refractivity contribution in [1.82, 2.24) is 0 Å². The Balaban J connectivity index is 1.89. The van der Waals surface area contributed by atoms with Gasteiger partial charge < -0.3 is 15.8 Å². The Kier molecular flexibility index (Phi) is 5.01. The number of nitrogens with one attached hydrogen (secondary N) is 1. The van der Waals surface area contributed by atoms with Crippen molar-refractivity contribution in [2.45, 2.75) is 52.1 Å². The Labute approximate surface area is 120 Å². The van der Waals surface area contributed by atoms with Crippen LogP contribution in [0, 0.1) is 13.8 Å². The molecule has 1 aromatic carbocycles. The quantitative estimate of drug-likeness (QED) is 0.830. The summed E-state index contributed by atoms with van der Waals surface area (Å²) >= 11 is 0. The summed E-state index contributed by atoms with van der Waals surface area (Å²) in [7, 11) is 0. The van der Waals surface area contributed by atoms with Crippen LogP contribution in [0.1, 0.15) is 43.2 Å². The number of hydrogen-bond acceptors (Lipinski definition) is 3. The van der Waals surface area contributed by atoms with E-state index in [0.29, 0.717) is 12.1 Å². The van der Waals surface area contributed by atoms with Gasteiger partial charge in [0.1, 0.15) is 0 Å². The van der Waals surface area contributed by atoms with E-state index in [-0.39, 0.29) is 12.0 Å². The fraction of sp³-hybridized carbons (Fsp3) is 0.562. The largest absolute Gasteiger partial charge is 0.398 e. The van der Waals surface area contributed by atoms with Gasteiger partial charge in [-0.25, -0.2) is 0 Å². The Morgan fingerprint density at radius 1 is 1.40 bits per heavy atom. The van der Waals surface area contributed by atoms with Gasteiger partial charge in [0.15, 0.2) is 0 Å². The van der Waals surface area contributed by atoms with Crippen LogP contribution in [0.25, 0.3) is 0 Å². The highest BCUT2D eigenvalue weighted by Gasteiger charge is 2.16. The lowest BCUT2D eigenvalue weighted by Gasteiger charge is -2.22. The molecule has 0 saturated carbocycles. The molecule has 1 atom stereocenters. The van der Waals surface area contributed by atoms with Gasteiger partial charge in [0.05, 0.1) is 6.10 Å². The number of anilines is 2. The van der Waals surface area contributed by atoms with E-state index in [1.807, 2.05) is 26.0 Å². The minimum absolute atomic E-state index is 0.0379. The first-order valence-electron chi connectivity index (χ1n) is 7.35. The summed E-state index contributed by atoms with van der Waals surface area (Å²) in [5.74, 6) is 0.0379. The summed E-state index contributed by atoms with van der Waals surface area (Å²) in [6, 6.07) is 3.80. The molecule has 0 spiro atoms. The second kappa shape index (κ2) is 6.75. The normalized spacial score (nSPS) is 18.8. The first kappa shape index (κ1) is 14.9. The van der Waals surface area contributed by atoms with Crippen LogP contribution in [0.4, 0.5) is 11.4 Å². The lowest BCUT2D eigenvalue weighted by molar-refractivity contribution is -0.117. The maximum Gasteiger partial charge on any atom is 0.224 e. The van der Waals surface area contributed by atoms with Gasteiger partial charge in [-0.15, -0.1) is 0 Å². The smallest absolute Gasteiger partial charge is 0.224 e. The minimum Gasteiger partial charge on any atom is -0.398 e. The number of benzene rings is 1. The van der Waals surface area contributed by atoms with Crippen molar-refractivity contribution in [3.63, 3.8) is 0 Å². The Bertz CT molecular complexity index is 480. The summed E-state index contributed by atoms with van der Waals surface area (Å²) in [5.41, 5.74) is 9.42. The molecule has 0 aromatic heterocycles. The van der Waals surface area contributed by atoms with Crippen LogP contribution >= 0.6 is 0 Å². The molecule has 1 aliphatic heterocycles. The standard InChI is InChI=1S/C16H24N2O2/c1-11-6-8-14(17)12(2)16(11)18-15(19)9-7-13-5-3-4-10-20-13/h6,8,13H,3-5,7,9-10,17H2,1-2H3,(H,18,19). The van der Waals surface area contributed by atoms with Crippen molar-refractivity contribution in [1.29, 1.82) is 0 Å². The third-order valence-electron chi connectivity index (χ3n) is 3.95. The molecule has 1 amide bonds. The molecule has 1 fully saturated rings. The molecule has 4 nitrogen and oxygen atoms in total. The SMILES string of the molecule is Cc1ccc(N)c(C)c1NC(=O)CCC1CCCCO1. The lowest BCUT2D eigenvalue weighted by atomic mass is 10.0. The number of ether oxygens (including phenoxy) is 1. The Hall–Kier alpha value is -1.55. The molecule has 20 heavy (non-hydrogen) atoms. The number of nitrogen functional groups attached to an aromatic ring is 1. The first-order valence-corrected chi connectivity index (χ1v) is 7.35. The molecule has 1 saturated heterocycles. The van der Waals surface area contributed by atoms with E-state index in [9.17, 15) is 4.79 Å². The van der Waals surface area contributed by atoms with Gasteiger partial charge in [0.2, 0.25) is 5.91 Å². The van der Waals surface area contributed by atoms with Crippen LogP contribution in [-0.2, 0) is 9.53 Å². The highest BCUT2D eigenvalue weighted by molar-refractivity contribution is 5.93. The van der Waals surface area contributed by atoms with Crippen molar-refractivity contribution in [3.05, 3.63) is 23.3 Å². The monoisotopic (exact) mass is 276 g/mol. The van der Waals surface area contributed by atoms with Gasteiger partial charge in [-0.1, -0.05) is 6.07 Å². The zero-order valence-electron chi connectivity index (χ0n) is 12.4. The van der Waals surface area contributed by atoms with E-state index >= 15 is 0 Å². The number of amides is 1. The van der Waals surface area contributed by atoms with Gasteiger partial charge in [0, 0.05) is 24.4 Å². The van der Waals surface area contributed by atoms with E-state index in [2.05, 4.69) is 5.32 Å². The molecule has 3 N–H and O–H groups in total. The third kappa shape index (κ3) is 3.73. The Morgan fingerprint density at radius 2 is 2.20 bits per heavy atom. The zero-order valence-corrected chi connectivity index (χ0v) is 12.4. The van der Waals surface area contributed by atoms with Crippen LogP contribution < -0.4 is 11.1 Å². The number of carbonyl (C=O) groups excluding carboxylic acids is 1. The second-order valence-electron chi connectivity index (χ2n) is 5.55. The van der Waals surface area contributed by atoms with Crippen molar-refractivity contribution in [2.24, 2.45) is 0 Å². The van der Waals surface area contributed by atoms with E-state index in [0.717, 1.165) is 42.7 Å². The highest BCUT2D eigenvalue weighted by atomic mass is 16.5. The number of carbonyl (C=O) groups is 1. The van der Waals surface area contributed by atoms with E-state index in [1.54, 1.807) is 0 Å². The van der Waals surface area contributed by atoms with Crippen LogP contribution in [0.3, 0.4) is 0 Å². The van der Waals surface area contributed by atoms with Crippen molar-refractivity contribution in [2.75, 3.05) is 17.7 Å². The van der Waals surface area contributed by atoms with Gasteiger partial charge in [0.25, 0.3) is 0 Å². The van der Waals surface area contributed by atoms with Crippen LogP contribution in [0.15, 0.2) is 12.1 Å². The maximum atomic E-state index is 12.1. The molecule has 1 aliphatic rings. The number of hydrogen-bond donors (Lipinski definition) is 2. The molecule has 110 valence electrons. The molecular weight excluding hydrogens is 252 g/mol. The van der Waals surface area contributed by atoms with Crippen LogP contribution in [0.2, 0.25) is 0 Å². The maximum absolute atomic E-state index is 12.1. The predicted molar refractivity (Wildman–Crippen MR) is 81.8 cm³/mol. The first-order chi connectivity index (χ1) is 9.58. The molecule has 0 aliphatic carbocycles. The molecule has 0 radical (unpaired) electrons. The zero-order chi connectivity index (χ0) is 14.5. The Morgan fingerprint density at radius 3 is 2.90 bits per heavy atom. The number of rotatable bonds is 4. The van der Waals surface area contributed by atoms with Crippen molar-refractivity contribution in [3.8, 4) is 0 Å². The topological polar surface area (TPSA) is 64.3 Å². The fourth-order valence-corrected chi connectivity index (χ4v) is 2.58. The summed E-state index contributed by atoms with van der Waals surface area (Å²) in [4.78, 5) is 12.1. The lowest BCUT2D eigenvalue weighted by Crippen LogP contribution is -2.22. The van der Waals surface area contributed by atoms with Crippen molar-refractivity contribution >= 4 is 17.3 Å². The van der Waals surface area contributed by atoms with Crippen molar-refractivity contribution < 1.29 is 9.53 Å². The van der Waals surface area contributed by atoms with Crippen LogP contribution in [-0.4, -0.2) is 18.6 Å². The highest BCUT2D eigenvalue weighted by Crippen LogP contribution is 2.25. The molecular formula is C16H24N2O2. The summed E-state index contributed by atoms with van der Waals surface area (Å²) < 4.78 is 5.65. The number of nitrogens with two attached hydrogens (primary N) is 1. The summed E-state index contributed by atoms with van der Waals surface area (Å²) in [5, 5.41) is 2.98. The van der Waals surface area contributed by atoms with E-state index < -0.39 is 0 Å². The molecule has 1 aromatic rings. The van der Waals surface area contributed by atoms with Crippen LogP contribution in [0.5, 0.6) is 0 Å². The minimum atomic E-state index is 0.0379. The van der Waals surface area contributed by atoms with Gasteiger partial charge in [-0.3, -0.25) is 4.79 Å². The van der Waals surface area contributed by atoms with E-state index in [4.69, 9.17) is 10.5 Å². The van der Waals surface area contributed by atoms with Gasteiger partial charge >= 0.3 is 0 Å². The van der Waals surface area contributed by atoms with Gasteiger partial charge in [-0.05, 0) is 56.7 Å². The van der Waals surface area contributed by atoms with Gasteiger partial charge in [-0.2, -0.15) is 0 Å². The third-order valence-corrected chi connectivity index (χ3v) is 3.95. The fourth-order valence-electron chi connectivity index (χ4n) is 2.58.